The monoisotopic (exact) mass is 197 g/mol. The molecule has 0 radical (unpaired) electrons. The summed E-state index contributed by atoms with van der Waals surface area (Å²) in [6.07, 6.45) is 7.97. The predicted octanol–water partition coefficient (Wildman–Crippen LogP) is 1.07. The third kappa shape index (κ3) is 9.08. The van der Waals surface area contributed by atoms with E-state index in [0.29, 0.717) is 13.0 Å². The molecule has 0 bridgehead atoms. The number of aliphatic hydroxyl groups is 1. The van der Waals surface area contributed by atoms with Gasteiger partial charge in [0.15, 0.2) is 0 Å². The Morgan fingerprint density at radius 2 is 2.14 bits per heavy atom. The Labute approximate surface area is 85.9 Å². The molecular formula is C11H19NO2. The van der Waals surface area contributed by atoms with E-state index < -0.39 is 5.60 Å². The molecule has 14 heavy (non-hydrogen) atoms. The molecule has 3 nitrogen and oxygen atoms in total. The molecule has 0 rings (SSSR count). The lowest BCUT2D eigenvalue weighted by Gasteiger charge is -2.17. The summed E-state index contributed by atoms with van der Waals surface area (Å²) in [4.78, 5) is 11.2. The zero-order chi connectivity index (χ0) is 11.0. The normalized spacial score (nSPS) is 10.7. The van der Waals surface area contributed by atoms with E-state index in [9.17, 15) is 9.90 Å². The maximum Gasteiger partial charge on any atom is 0.220 e. The fraction of sp³-hybridized carbons (Fsp3) is 0.727. The molecule has 3 heteroatoms. The van der Waals surface area contributed by atoms with Crippen molar-refractivity contribution in [1.82, 2.24) is 5.32 Å². The molecule has 0 aromatic heterocycles. The lowest BCUT2D eigenvalue weighted by atomic mass is 10.1. The van der Waals surface area contributed by atoms with E-state index in [-0.39, 0.29) is 5.91 Å². The van der Waals surface area contributed by atoms with Crippen LogP contribution in [0.5, 0.6) is 0 Å². The molecule has 0 aliphatic carbocycles. The van der Waals surface area contributed by atoms with Crippen molar-refractivity contribution in [3.05, 3.63) is 0 Å². The highest BCUT2D eigenvalue weighted by Gasteiger charge is 2.13. The summed E-state index contributed by atoms with van der Waals surface area (Å²) in [5, 5.41) is 12.0. The molecule has 0 fully saturated rings. The van der Waals surface area contributed by atoms with Gasteiger partial charge in [-0.25, -0.2) is 0 Å². The standard InChI is InChI=1S/C11H19NO2/c1-4-5-6-7-8-10(13)12-9-11(2,3)14/h1,14H,5-9H2,2-3H3,(H,12,13). The van der Waals surface area contributed by atoms with Crippen LogP contribution in [-0.2, 0) is 4.79 Å². The zero-order valence-electron chi connectivity index (χ0n) is 8.97. The van der Waals surface area contributed by atoms with Crippen molar-refractivity contribution in [3.8, 4) is 12.3 Å². The summed E-state index contributed by atoms with van der Waals surface area (Å²) >= 11 is 0. The Balaban J connectivity index is 3.43. The van der Waals surface area contributed by atoms with E-state index in [0.717, 1.165) is 19.3 Å². The van der Waals surface area contributed by atoms with E-state index in [1.54, 1.807) is 13.8 Å². The summed E-state index contributed by atoms with van der Waals surface area (Å²) in [5.41, 5.74) is -0.839. The van der Waals surface area contributed by atoms with E-state index in [1.165, 1.54) is 0 Å². The number of hydrogen-bond donors (Lipinski definition) is 2. The Kier molecular flexibility index (Phi) is 5.98. The molecule has 0 saturated heterocycles. The second-order valence-corrected chi connectivity index (χ2v) is 4.00. The Hall–Kier alpha value is -1.01. The fourth-order valence-electron chi connectivity index (χ4n) is 0.916. The summed E-state index contributed by atoms with van der Waals surface area (Å²) < 4.78 is 0. The summed E-state index contributed by atoms with van der Waals surface area (Å²) in [7, 11) is 0. The average Bonchev–Trinajstić information content (AvgIpc) is 2.08. The lowest BCUT2D eigenvalue weighted by molar-refractivity contribution is -0.122. The molecule has 80 valence electrons. The van der Waals surface area contributed by atoms with Crippen LogP contribution in [0.2, 0.25) is 0 Å². The van der Waals surface area contributed by atoms with Crippen molar-refractivity contribution >= 4 is 5.91 Å². The van der Waals surface area contributed by atoms with Gasteiger partial charge in [0.05, 0.1) is 5.60 Å². The molecule has 0 aliphatic rings. The first kappa shape index (κ1) is 13.0. The quantitative estimate of drug-likeness (QED) is 0.494. The number of unbranched alkanes of at least 4 members (excludes halogenated alkanes) is 2. The van der Waals surface area contributed by atoms with Crippen molar-refractivity contribution in [2.75, 3.05) is 6.54 Å². The average molecular weight is 197 g/mol. The summed E-state index contributed by atoms with van der Waals surface area (Å²) in [6.45, 7) is 3.61. The second kappa shape index (κ2) is 6.44. The van der Waals surface area contributed by atoms with Gasteiger partial charge in [0.2, 0.25) is 5.91 Å². The SMILES string of the molecule is C#CCCCCC(=O)NCC(C)(C)O. The molecule has 0 unspecified atom stereocenters. The summed E-state index contributed by atoms with van der Waals surface area (Å²) in [5.74, 6) is 2.50. The van der Waals surface area contributed by atoms with Gasteiger partial charge in [0.25, 0.3) is 0 Å². The molecule has 0 saturated carbocycles. The minimum Gasteiger partial charge on any atom is -0.389 e. The molecule has 1 amide bonds. The van der Waals surface area contributed by atoms with Crippen LogP contribution in [0.15, 0.2) is 0 Å². The van der Waals surface area contributed by atoms with Gasteiger partial charge in [0.1, 0.15) is 0 Å². The minimum absolute atomic E-state index is 0.0239. The third-order valence-corrected chi connectivity index (χ3v) is 1.69. The Bertz CT molecular complexity index is 210. The van der Waals surface area contributed by atoms with Gasteiger partial charge < -0.3 is 10.4 Å². The Morgan fingerprint density at radius 1 is 1.50 bits per heavy atom. The van der Waals surface area contributed by atoms with Crippen LogP contribution in [0.1, 0.15) is 39.5 Å². The van der Waals surface area contributed by atoms with E-state index in [1.807, 2.05) is 0 Å². The lowest BCUT2D eigenvalue weighted by Crippen LogP contribution is -2.38. The van der Waals surface area contributed by atoms with Gasteiger partial charge in [0, 0.05) is 19.4 Å². The predicted molar refractivity (Wildman–Crippen MR) is 56.6 cm³/mol. The van der Waals surface area contributed by atoms with Crippen molar-refractivity contribution < 1.29 is 9.90 Å². The van der Waals surface area contributed by atoms with Crippen LogP contribution in [0, 0.1) is 12.3 Å². The molecule has 2 N–H and O–H groups in total. The maximum absolute atomic E-state index is 11.2. The molecule has 0 aromatic rings. The van der Waals surface area contributed by atoms with E-state index in [2.05, 4.69) is 11.2 Å². The number of amides is 1. The molecule has 0 atom stereocenters. The first-order chi connectivity index (χ1) is 6.45. The van der Waals surface area contributed by atoms with E-state index >= 15 is 0 Å². The van der Waals surface area contributed by atoms with Gasteiger partial charge in [-0.15, -0.1) is 12.3 Å². The maximum atomic E-state index is 11.2. The second-order valence-electron chi connectivity index (χ2n) is 4.00. The molecular weight excluding hydrogens is 178 g/mol. The summed E-state index contributed by atoms with van der Waals surface area (Å²) in [6, 6.07) is 0. The highest BCUT2D eigenvalue weighted by Crippen LogP contribution is 2.00. The van der Waals surface area contributed by atoms with Gasteiger partial charge in [-0.05, 0) is 26.7 Å². The van der Waals surface area contributed by atoms with Crippen LogP contribution in [0.25, 0.3) is 0 Å². The third-order valence-electron chi connectivity index (χ3n) is 1.69. The molecule has 0 spiro atoms. The fourth-order valence-corrected chi connectivity index (χ4v) is 0.916. The van der Waals surface area contributed by atoms with Crippen molar-refractivity contribution in [2.24, 2.45) is 0 Å². The first-order valence-electron chi connectivity index (χ1n) is 4.88. The molecule has 0 aliphatic heterocycles. The van der Waals surface area contributed by atoms with Crippen LogP contribution in [-0.4, -0.2) is 23.2 Å². The molecule has 0 heterocycles. The number of rotatable bonds is 6. The number of nitrogens with one attached hydrogen (secondary N) is 1. The van der Waals surface area contributed by atoms with Gasteiger partial charge >= 0.3 is 0 Å². The smallest absolute Gasteiger partial charge is 0.220 e. The van der Waals surface area contributed by atoms with Crippen LogP contribution >= 0.6 is 0 Å². The van der Waals surface area contributed by atoms with Crippen LogP contribution < -0.4 is 5.32 Å². The zero-order valence-corrected chi connectivity index (χ0v) is 8.97. The minimum atomic E-state index is -0.839. The number of carbonyl (C=O) groups excluding carboxylic acids is 1. The largest absolute Gasteiger partial charge is 0.389 e. The number of hydrogen-bond acceptors (Lipinski definition) is 2. The van der Waals surface area contributed by atoms with Crippen molar-refractivity contribution in [1.29, 1.82) is 0 Å². The van der Waals surface area contributed by atoms with Gasteiger partial charge in [-0.3, -0.25) is 4.79 Å². The molecule has 0 aromatic carbocycles. The highest BCUT2D eigenvalue weighted by atomic mass is 16.3. The topological polar surface area (TPSA) is 49.3 Å². The van der Waals surface area contributed by atoms with Gasteiger partial charge in [-0.1, -0.05) is 0 Å². The van der Waals surface area contributed by atoms with Crippen molar-refractivity contribution in [2.45, 2.75) is 45.1 Å². The van der Waals surface area contributed by atoms with E-state index in [4.69, 9.17) is 6.42 Å². The number of carbonyl (C=O) groups is 1. The van der Waals surface area contributed by atoms with Crippen LogP contribution in [0.3, 0.4) is 0 Å². The van der Waals surface area contributed by atoms with Gasteiger partial charge in [-0.2, -0.15) is 0 Å². The number of terminal acetylenes is 1. The first-order valence-corrected chi connectivity index (χ1v) is 4.88. The Morgan fingerprint density at radius 3 is 2.64 bits per heavy atom. The van der Waals surface area contributed by atoms with Crippen LogP contribution in [0.4, 0.5) is 0 Å². The highest BCUT2D eigenvalue weighted by molar-refractivity contribution is 5.75. The van der Waals surface area contributed by atoms with Crippen molar-refractivity contribution in [3.63, 3.8) is 0 Å².